The maximum Gasteiger partial charge on any atom is 0.251 e. The van der Waals surface area contributed by atoms with Crippen LogP contribution in [0.15, 0.2) is 37.1 Å². The Morgan fingerprint density at radius 2 is 2.13 bits per heavy atom. The minimum Gasteiger partial charge on any atom is -0.392 e. The summed E-state index contributed by atoms with van der Waals surface area (Å²) in [5.41, 5.74) is 0.128. The summed E-state index contributed by atoms with van der Waals surface area (Å²) in [6, 6.07) is 3.38. The lowest BCUT2D eigenvalue weighted by Crippen LogP contribution is -2.43. The predicted octanol–water partition coefficient (Wildman–Crippen LogP) is 2.04. The average Bonchev–Trinajstić information content (AvgIpc) is 3.06. The molecule has 0 radical (unpaired) electrons. The van der Waals surface area contributed by atoms with Crippen LogP contribution in [-0.2, 0) is 0 Å². The number of pyridine rings is 1. The summed E-state index contributed by atoms with van der Waals surface area (Å²) in [7, 11) is 0. The largest absolute Gasteiger partial charge is 0.392 e. The van der Waals surface area contributed by atoms with E-state index in [0.717, 1.165) is 0 Å². The lowest BCUT2D eigenvalue weighted by Gasteiger charge is -2.33. The van der Waals surface area contributed by atoms with Crippen molar-refractivity contribution in [2.75, 3.05) is 6.54 Å². The second kappa shape index (κ2) is 6.91. The van der Waals surface area contributed by atoms with Gasteiger partial charge in [0.25, 0.3) is 5.91 Å². The van der Waals surface area contributed by atoms with Gasteiger partial charge in [0, 0.05) is 36.1 Å². The van der Waals surface area contributed by atoms with Gasteiger partial charge in [-0.3, -0.25) is 9.36 Å². The fraction of sp³-hybridized carbons (Fsp3) is 0.471. The number of amides is 1. The van der Waals surface area contributed by atoms with Gasteiger partial charge in [0.2, 0.25) is 0 Å². The zero-order chi connectivity index (χ0) is 17.0. The van der Waals surface area contributed by atoms with E-state index in [-0.39, 0.29) is 11.8 Å². The lowest BCUT2D eigenvalue weighted by molar-refractivity contribution is 0.0138. The van der Waals surface area contributed by atoms with Crippen molar-refractivity contribution >= 4 is 5.91 Å². The molecule has 0 fully saturated rings. The second-order valence-electron chi connectivity index (χ2n) is 6.73. The Bertz CT molecular complexity index is 650. The monoisotopic (exact) mass is 316 g/mol. The van der Waals surface area contributed by atoms with Gasteiger partial charge < -0.3 is 10.4 Å². The Morgan fingerprint density at radius 3 is 2.74 bits per heavy atom. The predicted molar refractivity (Wildman–Crippen MR) is 88.3 cm³/mol. The van der Waals surface area contributed by atoms with Crippen LogP contribution in [0.4, 0.5) is 0 Å². The standard InChI is InChI=1S/C17H24N4O2/c1-12(2)15(22)17(3,4)10-20-16(23)13-5-6-19-14(9-13)21-8-7-18-11-21/h5-9,11-12,15,22H,10H2,1-4H3,(H,20,23). The van der Waals surface area contributed by atoms with Crippen LogP contribution in [0.2, 0.25) is 0 Å². The fourth-order valence-electron chi connectivity index (χ4n) is 2.51. The third kappa shape index (κ3) is 4.16. The Labute approximate surface area is 136 Å². The van der Waals surface area contributed by atoms with Gasteiger partial charge in [-0.2, -0.15) is 0 Å². The van der Waals surface area contributed by atoms with Crippen molar-refractivity contribution in [2.24, 2.45) is 11.3 Å². The highest BCUT2D eigenvalue weighted by atomic mass is 16.3. The molecule has 2 aromatic heterocycles. The van der Waals surface area contributed by atoms with E-state index in [1.807, 2.05) is 27.7 Å². The molecule has 6 heteroatoms. The molecule has 0 saturated carbocycles. The van der Waals surface area contributed by atoms with Gasteiger partial charge in [0.1, 0.15) is 12.1 Å². The highest BCUT2D eigenvalue weighted by molar-refractivity contribution is 5.94. The van der Waals surface area contributed by atoms with Crippen LogP contribution >= 0.6 is 0 Å². The number of aliphatic hydroxyl groups is 1. The number of aliphatic hydroxyl groups excluding tert-OH is 1. The molecule has 0 spiro atoms. The highest BCUT2D eigenvalue weighted by Crippen LogP contribution is 2.25. The lowest BCUT2D eigenvalue weighted by atomic mass is 9.80. The minimum absolute atomic E-state index is 0.135. The van der Waals surface area contributed by atoms with E-state index in [2.05, 4.69) is 15.3 Å². The number of aromatic nitrogens is 3. The van der Waals surface area contributed by atoms with Crippen LogP contribution in [0.5, 0.6) is 0 Å². The van der Waals surface area contributed by atoms with E-state index in [9.17, 15) is 9.90 Å². The molecular weight excluding hydrogens is 292 g/mol. The van der Waals surface area contributed by atoms with Crippen molar-refractivity contribution in [3.8, 4) is 5.82 Å². The average molecular weight is 316 g/mol. The molecule has 2 rings (SSSR count). The summed E-state index contributed by atoms with van der Waals surface area (Å²) < 4.78 is 1.74. The molecule has 2 aromatic rings. The molecule has 0 aliphatic carbocycles. The Morgan fingerprint density at radius 1 is 1.39 bits per heavy atom. The first-order chi connectivity index (χ1) is 10.8. The van der Waals surface area contributed by atoms with Crippen molar-refractivity contribution in [2.45, 2.75) is 33.8 Å². The van der Waals surface area contributed by atoms with E-state index in [1.165, 1.54) is 0 Å². The van der Waals surface area contributed by atoms with Crippen LogP contribution in [0.3, 0.4) is 0 Å². The van der Waals surface area contributed by atoms with Crippen LogP contribution < -0.4 is 5.32 Å². The van der Waals surface area contributed by atoms with E-state index in [0.29, 0.717) is 17.9 Å². The number of carbonyl (C=O) groups is 1. The van der Waals surface area contributed by atoms with Gasteiger partial charge in [-0.15, -0.1) is 0 Å². The summed E-state index contributed by atoms with van der Waals surface area (Å²) in [5.74, 6) is 0.588. The highest BCUT2D eigenvalue weighted by Gasteiger charge is 2.30. The first kappa shape index (κ1) is 17.1. The third-order valence-corrected chi connectivity index (χ3v) is 3.91. The molecule has 23 heavy (non-hydrogen) atoms. The minimum atomic E-state index is -0.484. The molecule has 6 nitrogen and oxygen atoms in total. The molecule has 1 atom stereocenters. The normalized spacial score (nSPS) is 13.1. The van der Waals surface area contributed by atoms with Crippen molar-refractivity contribution in [3.63, 3.8) is 0 Å². The van der Waals surface area contributed by atoms with Crippen molar-refractivity contribution in [1.29, 1.82) is 0 Å². The van der Waals surface area contributed by atoms with Crippen LogP contribution in [0.25, 0.3) is 5.82 Å². The Kier molecular flexibility index (Phi) is 5.15. The number of rotatable bonds is 6. The topological polar surface area (TPSA) is 80.0 Å². The van der Waals surface area contributed by atoms with Gasteiger partial charge in [0.15, 0.2) is 0 Å². The van der Waals surface area contributed by atoms with Gasteiger partial charge in [0.05, 0.1) is 6.10 Å². The Balaban J connectivity index is 2.06. The molecule has 0 saturated heterocycles. The molecular formula is C17H24N4O2. The summed E-state index contributed by atoms with van der Waals surface area (Å²) in [5, 5.41) is 13.1. The number of imidazole rings is 1. The molecule has 0 bridgehead atoms. The molecule has 124 valence electrons. The smallest absolute Gasteiger partial charge is 0.251 e. The second-order valence-corrected chi connectivity index (χ2v) is 6.73. The molecule has 2 N–H and O–H groups in total. The molecule has 2 heterocycles. The number of carbonyl (C=O) groups excluding carboxylic acids is 1. The van der Waals surface area contributed by atoms with Gasteiger partial charge >= 0.3 is 0 Å². The fourth-order valence-corrected chi connectivity index (χ4v) is 2.51. The SMILES string of the molecule is CC(C)C(O)C(C)(C)CNC(=O)c1ccnc(-n2ccnc2)c1. The summed E-state index contributed by atoms with van der Waals surface area (Å²) >= 11 is 0. The summed E-state index contributed by atoms with van der Waals surface area (Å²) in [6.07, 6.45) is 6.17. The number of nitrogens with one attached hydrogen (secondary N) is 1. The summed E-state index contributed by atoms with van der Waals surface area (Å²) in [4.78, 5) is 20.6. The molecule has 1 unspecified atom stereocenters. The first-order valence-corrected chi connectivity index (χ1v) is 7.72. The van der Waals surface area contributed by atoms with Gasteiger partial charge in [-0.25, -0.2) is 9.97 Å². The van der Waals surface area contributed by atoms with Crippen molar-refractivity contribution in [1.82, 2.24) is 19.9 Å². The molecule has 0 aliphatic heterocycles. The van der Waals surface area contributed by atoms with Gasteiger partial charge in [-0.1, -0.05) is 27.7 Å². The number of hydrogen-bond donors (Lipinski definition) is 2. The molecule has 1 amide bonds. The quantitative estimate of drug-likeness (QED) is 0.854. The number of nitrogens with zero attached hydrogens (tertiary/aromatic N) is 3. The van der Waals surface area contributed by atoms with Crippen molar-refractivity contribution in [3.05, 3.63) is 42.6 Å². The van der Waals surface area contributed by atoms with E-state index in [1.54, 1.807) is 41.6 Å². The van der Waals surface area contributed by atoms with Crippen molar-refractivity contribution < 1.29 is 9.90 Å². The van der Waals surface area contributed by atoms with E-state index in [4.69, 9.17) is 0 Å². The molecule has 0 aromatic carbocycles. The third-order valence-electron chi connectivity index (χ3n) is 3.91. The van der Waals surface area contributed by atoms with E-state index < -0.39 is 11.5 Å². The number of hydrogen-bond acceptors (Lipinski definition) is 4. The molecule has 0 aliphatic rings. The first-order valence-electron chi connectivity index (χ1n) is 7.72. The maximum atomic E-state index is 12.4. The van der Waals surface area contributed by atoms with Gasteiger partial charge in [-0.05, 0) is 18.1 Å². The Hall–Kier alpha value is -2.21. The maximum absolute atomic E-state index is 12.4. The summed E-state index contributed by atoms with van der Waals surface area (Å²) in [6.45, 7) is 8.22. The van der Waals surface area contributed by atoms with Crippen LogP contribution in [0.1, 0.15) is 38.1 Å². The van der Waals surface area contributed by atoms with Crippen LogP contribution in [-0.4, -0.2) is 38.2 Å². The van der Waals surface area contributed by atoms with Crippen LogP contribution in [0, 0.1) is 11.3 Å². The zero-order valence-corrected chi connectivity index (χ0v) is 14.0. The van der Waals surface area contributed by atoms with E-state index >= 15 is 0 Å². The zero-order valence-electron chi connectivity index (χ0n) is 14.0.